The van der Waals surface area contributed by atoms with Crippen LogP contribution in [0.25, 0.3) is 0 Å². The highest BCUT2D eigenvalue weighted by Crippen LogP contribution is 2.27. The first-order valence-electron chi connectivity index (χ1n) is 6.87. The number of thioether (sulfide) groups is 1. The van der Waals surface area contributed by atoms with Crippen LogP contribution >= 0.6 is 27.7 Å². The summed E-state index contributed by atoms with van der Waals surface area (Å²) >= 11 is 4.92. The van der Waals surface area contributed by atoms with Gasteiger partial charge in [0.05, 0.1) is 11.7 Å². The molecule has 0 spiro atoms. The molecular formula is C15H18BrNO3S. The Kier molecular flexibility index (Phi) is 5.70. The molecule has 0 radical (unpaired) electrons. The number of benzene rings is 1. The number of aliphatic carboxylic acids is 1. The number of carboxylic acids is 1. The van der Waals surface area contributed by atoms with Gasteiger partial charge in [0.1, 0.15) is 0 Å². The number of carbonyl (C=O) groups is 2. The fourth-order valence-electron chi connectivity index (χ4n) is 2.52. The summed E-state index contributed by atoms with van der Waals surface area (Å²) in [6, 6.07) is 5.98. The Bertz CT molecular complexity index is 550. The molecule has 1 aromatic rings. The second-order valence-corrected chi connectivity index (χ2v) is 7.24. The molecule has 0 bridgehead atoms. The van der Waals surface area contributed by atoms with Crippen LogP contribution in [0.5, 0.6) is 0 Å². The van der Waals surface area contributed by atoms with Crippen LogP contribution in [-0.2, 0) is 9.59 Å². The van der Waals surface area contributed by atoms with E-state index in [1.54, 1.807) is 0 Å². The zero-order chi connectivity index (χ0) is 15.4. The predicted octanol–water partition coefficient (Wildman–Crippen LogP) is 3.22. The van der Waals surface area contributed by atoms with Gasteiger partial charge in [-0.25, -0.2) is 0 Å². The van der Waals surface area contributed by atoms with Crippen LogP contribution in [-0.4, -0.2) is 28.8 Å². The zero-order valence-electron chi connectivity index (χ0n) is 11.8. The van der Waals surface area contributed by atoms with Crippen molar-refractivity contribution >= 4 is 39.6 Å². The van der Waals surface area contributed by atoms with Crippen molar-refractivity contribution in [2.24, 2.45) is 5.92 Å². The number of carboxylic acid groups (broad SMARTS) is 1. The molecular weight excluding hydrogens is 354 g/mol. The molecule has 0 aliphatic heterocycles. The Morgan fingerprint density at radius 3 is 2.81 bits per heavy atom. The molecule has 1 saturated carbocycles. The molecule has 0 saturated heterocycles. The Hall–Kier alpha value is -1.01. The van der Waals surface area contributed by atoms with E-state index in [4.69, 9.17) is 5.11 Å². The lowest BCUT2D eigenvalue weighted by Crippen LogP contribution is -2.34. The van der Waals surface area contributed by atoms with Crippen molar-refractivity contribution in [3.8, 4) is 0 Å². The molecule has 2 rings (SSSR count). The minimum atomic E-state index is -0.758. The summed E-state index contributed by atoms with van der Waals surface area (Å²) in [6.07, 6.45) is 1.95. The van der Waals surface area contributed by atoms with E-state index < -0.39 is 5.97 Å². The first-order chi connectivity index (χ1) is 9.95. The molecule has 4 nitrogen and oxygen atoms in total. The average Bonchev–Trinajstić information content (AvgIpc) is 2.86. The lowest BCUT2D eigenvalue weighted by molar-refractivity contribution is -0.141. The number of nitrogens with one attached hydrogen (secondary N) is 1. The normalized spacial score (nSPS) is 21.2. The largest absolute Gasteiger partial charge is 0.481 e. The number of hydrogen-bond acceptors (Lipinski definition) is 3. The lowest BCUT2D eigenvalue weighted by atomic mass is 10.1. The number of amides is 1. The van der Waals surface area contributed by atoms with Crippen LogP contribution in [0.15, 0.2) is 27.6 Å². The number of halogens is 1. The molecule has 21 heavy (non-hydrogen) atoms. The van der Waals surface area contributed by atoms with E-state index in [0.717, 1.165) is 21.4 Å². The summed E-state index contributed by atoms with van der Waals surface area (Å²) in [5, 5.41) is 11.9. The van der Waals surface area contributed by atoms with Crippen LogP contribution < -0.4 is 5.32 Å². The van der Waals surface area contributed by atoms with Crippen molar-refractivity contribution in [1.82, 2.24) is 5.32 Å². The molecule has 1 aromatic carbocycles. The van der Waals surface area contributed by atoms with Crippen molar-refractivity contribution in [3.63, 3.8) is 0 Å². The molecule has 0 aromatic heterocycles. The molecule has 1 fully saturated rings. The summed E-state index contributed by atoms with van der Waals surface area (Å²) in [5.41, 5.74) is 1.13. The predicted molar refractivity (Wildman–Crippen MR) is 86.5 cm³/mol. The maximum Gasteiger partial charge on any atom is 0.306 e. The third-order valence-electron chi connectivity index (χ3n) is 3.64. The fourth-order valence-corrected chi connectivity index (χ4v) is 3.82. The van der Waals surface area contributed by atoms with Gasteiger partial charge >= 0.3 is 5.97 Å². The van der Waals surface area contributed by atoms with Gasteiger partial charge in [0.2, 0.25) is 5.91 Å². The highest BCUT2D eigenvalue weighted by molar-refractivity contribution is 9.10. The van der Waals surface area contributed by atoms with Gasteiger partial charge in [-0.15, -0.1) is 11.8 Å². The average molecular weight is 372 g/mol. The van der Waals surface area contributed by atoms with Crippen LogP contribution in [0.1, 0.15) is 24.8 Å². The molecule has 0 heterocycles. The topological polar surface area (TPSA) is 66.4 Å². The van der Waals surface area contributed by atoms with E-state index in [1.807, 2.05) is 25.1 Å². The molecule has 0 unspecified atom stereocenters. The van der Waals surface area contributed by atoms with Gasteiger partial charge in [0.25, 0.3) is 0 Å². The number of hydrogen-bond donors (Lipinski definition) is 2. The van der Waals surface area contributed by atoms with E-state index in [-0.39, 0.29) is 17.9 Å². The van der Waals surface area contributed by atoms with Crippen LogP contribution in [0, 0.1) is 12.8 Å². The quantitative estimate of drug-likeness (QED) is 0.779. The van der Waals surface area contributed by atoms with Gasteiger partial charge in [0, 0.05) is 15.4 Å². The van der Waals surface area contributed by atoms with Crippen molar-refractivity contribution in [2.75, 3.05) is 5.75 Å². The highest BCUT2D eigenvalue weighted by atomic mass is 79.9. The monoisotopic (exact) mass is 371 g/mol. The molecule has 2 atom stereocenters. The van der Waals surface area contributed by atoms with Crippen LogP contribution in [0.2, 0.25) is 0 Å². The maximum atomic E-state index is 11.9. The molecule has 114 valence electrons. The Balaban J connectivity index is 1.79. The summed E-state index contributed by atoms with van der Waals surface area (Å²) < 4.78 is 1.03. The summed E-state index contributed by atoms with van der Waals surface area (Å²) in [6.45, 7) is 2.01. The second kappa shape index (κ2) is 7.31. The third-order valence-corrected chi connectivity index (χ3v) is 5.31. The summed E-state index contributed by atoms with van der Waals surface area (Å²) in [5.74, 6) is -0.738. The molecule has 2 N–H and O–H groups in total. The first kappa shape index (κ1) is 16.4. The zero-order valence-corrected chi connectivity index (χ0v) is 14.2. The van der Waals surface area contributed by atoms with Crippen LogP contribution in [0.4, 0.5) is 0 Å². The van der Waals surface area contributed by atoms with Gasteiger partial charge in [-0.2, -0.15) is 0 Å². The fraction of sp³-hybridized carbons (Fsp3) is 0.467. The Morgan fingerprint density at radius 2 is 2.19 bits per heavy atom. The van der Waals surface area contributed by atoms with E-state index >= 15 is 0 Å². The van der Waals surface area contributed by atoms with Crippen molar-refractivity contribution in [3.05, 3.63) is 28.2 Å². The Morgan fingerprint density at radius 1 is 1.43 bits per heavy atom. The van der Waals surface area contributed by atoms with Crippen molar-refractivity contribution in [1.29, 1.82) is 0 Å². The standard InChI is InChI=1S/C15H18BrNO3S/c1-9-6-11(16)3-5-13(9)21-8-14(18)17-12-4-2-10(7-12)15(19)20/h3,5-6,10,12H,2,4,7-8H2,1H3,(H,17,18)(H,19,20)/t10-,12+/m0/s1. The molecule has 1 aliphatic carbocycles. The number of aryl methyl sites for hydroxylation is 1. The van der Waals surface area contributed by atoms with Gasteiger partial charge in [-0.1, -0.05) is 15.9 Å². The van der Waals surface area contributed by atoms with Gasteiger partial charge in [-0.3, -0.25) is 9.59 Å². The minimum absolute atomic E-state index is 0.00483. The Labute approximate surface area is 136 Å². The lowest BCUT2D eigenvalue weighted by Gasteiger charge is -2.12. The van der Waals surface area contributed by atoms with E-state index in [1.165, 1.54) is 11.8 Å². The van der Waals surface area contributed by atoms with E-state index in [0.29, 0.717) is 18.6 Å². The minimum Gasteiger partial charge on any atom is -0.481 e. The van der Waals surface area contributed by atoms with Gasteiger partial charge in [-0.05, 0) is 49.9 Å². The smallest absolute Gasteiger partial charge is 0.306 e. The third kappa shape index (κ3) is 4.74. The second-order valence-electron chi connectivity index (χ2n) is 5.31. The van der Waals surface area contributed by atoms with Crippen molar-refractivity contribution in [2.45, 2.75) is 37.1 Å². The van der Waals surface area contributed by atoms with Gasteiger partial charge < -0.3 is 10.4 Å². The van der Waals surface area contributed by atoms with Crippen LogP contribution in [0.3, 0.4) is 0 Å². The summed E-state index contributed by atoms with van der Waals surface area (Å²) in [4.78, 5) is 23.9. The summed E-state index contributed by atoms with van der Waals surface area (Å²) in [7, 11) is 0. The number of carbonyl (C=O) groups excluding carboxylic acids is 1. The molecule has 1 aliphatic rings. The number of rotatable bonds is 5. The van der Waals surface area contributed by atoms with Gasteiger partial charge in [0.15, 0.2) is 0 Å². The van der Waals surface area contributed by atoms with E-state index in [9.17, 15) is 9.59 Å². The van der Waals surface area contributed by atoms with E-state index in [2.05, 4.69) is 21.2 Å². The van der Waals surface area contributed by atoms with Crippen molar-refractivity contribution < 1.29 is 14.7 Å². The molecule has 6 heteroatoms. The maximum absolute atomic E-state index is 11.9. The molecule has 1 amide bonds. The highest BCUT2D eigenvalue weighted by Gasteiger charge is 2.30. The SMILES string of the molecule is Cc1cc(Br)ccc1SCC(=O)N[C@@H]1CC[C@H](C(=O)O)C1. The first-order valence-corrected chi connectivity index (χ1v) is 8.64.